The molecule has 0 aliphatic carbocycles. The Morgan fingerprint density at radius 3 is 2.57 bits per heavy atom. The number of carbonyl (C=O) groups is 1. The summed E-state index contributed by atoms with van der Waals surface area (Å²) in [6.07, 6.45) is 0. The van der Waals surface area contributed by atoms with E-state index in [4.69, 9.17) is 16.3 Å². The third-order valence-corrected chi connectivity index (χ3v) is 4.86. The van der Waals surface area contributed by atoms with E-state index in [2.05, 4.69) is 26.3 Å². The summed E-state index contributed by atoms with van der Waals surface area (Å²) in [6, 6.07) is 10.9. The molecular weight excluding hydrogens is 450 g/mol. The van der Waals surface area contributed by atoms with Crippen molar-refractivity contribution in [2.75, 3.05) is 12.4 Å². The average Bonchev–Trinajstić information content (AvgIpc) is 2.65. The van der Waals surface area contributed by atoms with Gasteiger partial charge in [-0.15, -0.1) is 0 Å². The van der Waals surface area contributed by atoms with Gasteiger partial charge in [0.05, 0.1) is 18.5 Å². The summed E-state index contributed by atoms with van der Waals surface area (Å²) in [5.74, 6) is -0.881. The highest BCUT2D eigenvalue weighted by molar-refractivity contribution is 9.10. The number of nitrogens with zero attached hydrogens (tertiary/aromatic N) is 2. The lowest BCUT2D eigenvalue weighted by Gasteiger charge is -2.13. The minimum atomic E-state index is -0.705. The summed E-state index contributed by atoms with van der Waals surface area (Å²) in [6.45, 7) is 1.78. The molecule has 28 heavy (non-hydrogen) atoms. The fraction of sp³-hybridized carbons (Fsp3) is 0.105. The van der Waals surface area contributed by atoms with Gasteiger partial charge in [0.1, 0.15) is 5.75 Å². The van der Waals surface area contributed by atoms with Crippen molar-refractivity contribution < 1.29 is 14.6 Å². The van der Waals surface area contributed by atoms with Crippen LogP contribution < -0.4 is 15.6 Å². The van der Waals surface area contributed by atoms with Gasteiger partial charge in [-0.3, -0.25) is 9.59 Å². The van der Waals surface area contributed by atoms with Crippen LogP contribution in [-0.4, -0.2) is 27.9 Å². The zero-order chi connectivity index (χ0) is 20.4. The van der Waals surface area contributed by atoms with E-state index >= 15 is 0 Å². The van der Waals surface area contributed by atoms with Crippen molar-refractivity contribution in [3.63, 3.8) is 0 Å². The smallest absolute Gasteiger partial charge is 0.280 e. The van der Waals surface area contributed by atoms with Crippen molar-refractivity contribution in [2.24, 2.45) is 0 Å². The third kappa shape index (κ3) is 4.02. The molecule has 9 heteroatoms. The molecule has 1 aromatic heterocycles. The molecule has 0 saturated carbocycles. The van der Waals surface area contributed by atoms with E-state index in [1.54, 1.807) is 43.3 Å². The maximum absolute atomic E-state index is 12.7. The van der Waals surface area contributed by atoms with Crippen LogP contribution in [0.5, 0.6) is 11.5 Å². The predicted octanol–water partition coefficient (Wildman–Crippen LogP) is 3.92. The summed E-state index contributed by atoms with van der Waals surface area (Å²) >= 11 is 9.39. The van der Waals surface area contributed by atoms with E-state index in [1.807, 2.05) is 0 Å². The number of aryl methyl sites for hydroxylation is 1. The van der Waals surface area contributed by atoms with Crippen molar-refractivity contribution in [3.05, 3.63) is 73.6 Å². The van der Waals surface area contributed by atoms with Crippen LogP contribution in [0.1, 0.15) is 16.1 Å². The molecule has 2 aromatic carbocycles. The Morgan fingerprint density at radius 2 is 1.93 bits per heavy atom. The Kier molecular flexibility index (Phi) is 5.71. The van der Waals surface area contributed by atoms with Crippen LogP contribution in [0.25, 0.3) is 5.69 Å². The fourth-order valence-corrected chi connectivity index (χ4v) is 2.91. The zero-order valence-corrected chi connectivity index (χ0v) is 17.2. The number of aromatic nitrogens is 2. The van der Waals surface area contributed by atoms with Crippen LogP contribution in [0.15, 0.2) is 51.7 Å². The number of hydrogen-bond acceptors (Lipinski definition) is 5. The van der Waals surface area contributed by atoms with Crippen molar-refractivity contribution in [2.45, 2.75) is 6.92 Å². The van der Waals surface area contributed by atoms with Crippen LogP contribution in [-0.2, 0) is 0 Å². The van der Waals surface area contributed by atoms with E-state index in [1.165, 1.54) is 7.11 Å². The standard InChI is InChI=1S/C19H15BrClN3O4/c1-10-7-14(16(28-2)8-13(10)21)22-19(27)18-15(25)9-17(26)24(23-18)12-5-3-11(20)4-6-12/h3-9,25H,1-2H3,(H,22,27). The molecule has 144 valence electrons. The summed E-state index contributed by atoms with van der Waals surface area (Å²) < 4.78 is 7.09. The molecular formula is C19H15BrClN3O4. The topological polar surface area (TPSA) is 93.5 Å². The summed E-state index contributed by atoms with van der Waals surface area (Å²) in [5.41, 5.74) is 0.655. The minimum absolute atomic E-state index is 0.308. The molecule has 0 spiro atoms. The lowest BCUT2D eigenvalue weighted by atomic mass is 10.2. The summed E-state index contributed by atoms with van der Waals surface area (Å²) in [5, 5.41) is 17.2. The number of anilines is 1. The van der Waals surface area contributed by atoms with Crippen LogP contribution in [0.4, 0.5) is 5.69 Å². The Labute approximate surface area is 173 Å². The van der Waals surface area contributed by atoms with Gasteiger partial charge in [0.25, 0.3) is 11.5 Å². The van der Waals surface area contributed by atoms with Crippen LogP contribution in [0, 0.1) is 6.92 Å². The fourth-order valence-electron chi connectivity index (χ4n) is 2.49. The van der Waals surface area contributed by atoms with E-state index < -0.39 is 17.2 Å². The quantitative estimate of drug-likeness (QED) is 0.610. The van der Waals surface area contributed by atoms with Gasteiger partial charge in [-0.2, -0.15) is 9.78 Å². The van der Waals surface area contributed by atoms with Crippen molar-refractivity contribution in [3.8, 4) is 17.2 Å². The van der Waals surface area contributed by atoms with Gasteiger partial charge in [0.2, 0.25) is 0 Å². The number of halogens is 2. The number of rotatable bonds is 4. The Balaban J connectivity index is 2.01. The molecule has 0 aliphatic heterocycles. The Bertz CT molecular complexity index is 1110. The van der Waals surface area contributed by atoms with Crippen LogP contribution in [0.2, 0.25) is 5.02 Å². The molecule has 0 unspecified atom stereocenters. The first kappa shape index (κ1) is 19.9. The molecule has 0 fully saturated rings. The molecule has 7 nitrogen and oxygen atoms in total. The second-order valence-electron chi connectivity index (χ2n) is 5.86. The number of aromatic hydroxyl groups is 1. The van der Waals surface area contributed by atoms with Gasteiger partial charge in [0, 0.05) is 21.6 Å². The zero-order valence-electron chi connectivity index (χ0n) is 14.9. The molecule has 0 radical (unpaired) electrons. The van der Waals surface area contributed by atoms with Gasteiger partial charge in [-0.1, -0.05) is 27.5 Å². The van der Waals surface area contributed by atoms with E-state index in [0.29, 0.717) is 22.1 Å². The van der Waals surface area contributed by atoms with Gasteiger partial charge in [0.15, 0.2) is 11.4 Å². The molecule has 1 heterocycles. The van der Waals surface area contributed by atoms with Gasteiger partial charge >= 0.3 is 0 Å². The second kappa shape index (κ2) is 8.04. The maximum atomic E-state index is 12.7. The van der Waals surface area contributed by atoms with Crippen molar-refractivity contribution in [1.82, 2.24) is 9.78 Å². The number of ether oxygens (including phenoxy) is 1. The normalized spacial score (nSPS) is 10.6. The lowest BCUT2D eigenvalue weighted by molar-refractivity contribution is 0.101. The molecule has 3 rings (SSSR count). The number of nitrogens with one attached hydrogen (secondary N) is 1. The molecule has 0 atom stereocenters. The third-order valence-electron chi connectivity index (χ3n) is 3.93. The first-order valence-electron chi connectivity index (χ1n) is 8.05. The van der Waals surface area contributed by atoms with Crippen molar-refractivity contribution in [1.29, 1.82) is 0 Å². The Morgan fingerprint density at radius 1 is 1.25 bits per heavy atom. The van der Waals surface area contributed by atoms with Crippen LogP contribution >= 0.6 is 27.5 Å². The summed E-state index contributed by atoms with van der Waals surface area (Å²) in [4.78, 5) is 24.9. The summed E-state index contributed by atoms with van der Waals surface area (Å²) in [7, 11) is 1.44. The van der Waals surface area contributed by atoms with Gasteiger partial charge in [-0.05, 0) is 42.8 Å². The lowest BCUT2D eigenvalue weighted by Crippen LogP contribution is -2.25. The van der Waals surface area contributed by atoms with E-state index in [0.717, 1.165) is 20.8 Å². The first-order valence-corrected chi connectivity index (χ1v) is 9.22. The second-order valence-corrected chi connectivity index (χ2v) is 7.18. The monoisotopic (exact) mass is 463 g/mol. The van der Waals surface area contributed by atoms with Gasteiger partial charge in [-0.25, -0.2) is 0 Å². The number of benzene rings is 2. The number of carbonyl (C=O) groups excluding carboxylic acids is 1. The minimum Gasteiger partial charge on any atom is -0.505 e. The van der Waals surface area contributed by atoms with E-state index in [9.17, 15) is 14.7 Å². The molecule has 3 aromatic rings. The Hall–Kier alpha value is -2.84. The maximum Gasteiger partial charge on any atom is 0.280 e. The molecule has 0 bridgehead atoms. The molecule has 0 aliphatic rings. The van der Waals surface area contributed by atoms with E-state index in [-0.39, 0.29) is 5.69 Å². The molecule has 1 amide bonds. The number of hydrogen-bond donors (Lipinski definition) is 2. The van der Waals surface area contributed by atoms with Crippen molar-refractivity contribution >= 4 is 39.1 Å². The highest BCUT2D eigenvalue weighted by Crippen LogP contribution is 2.31. The highest BCUT2D eigenvalue weighted by Gasteiger charge is 2.19. The van der Waals surface area contributed by atoms with Crippen LogP contribution in [0.3, 0.4) is 0 Å². The molecule has 2 N–H and O–H groups in total. The molecule has 0 saturated heterocycles. The largest absolute Gasteiger partial charge is 0.505 e. The SMILES string of the molecule is COc1cc(Cl)c(C)cc1NC(=O)c1nn(-c2ccc(Br)cc2)c(=O)cc1O. The number of methoxy groups -OCH3 is 1. The predicted molar refractivity (Wildman–Crippen MR) is 110 cm³/mol. The number of amides is 1. The first-order chi connectivity index (χ1) is 13.3. The van der Waals surface area contributed by atoms with Gasteiger partial charge < -0.3 is 15.2 Å². The highest BCUT2D eigenvalue weighted by atomic mass is 79.9. The average molecular weight is 465 g/mol.